The molecule has 1 aliphatic rings. The van der Waals surface area contributed by atoms with Gasteiger partial charge in [0.1, 0.15) is 11.9 Å². The SMILES string of the molecule is CCOC(c1noc(Cc2ccc(O)cc2)n1)C1CC1. The van der Waals surface area contributed by atoms with E-state index >= 15 is 0 Å². The van der Waals surface area contributed by atoms with Gasteiger partial charge in [-0.15, -0.1) is 0 Å². The summed E-state index contributed by atoms with van der Waals surface area (Å²) in [6.45, 7) is 2.63. The number of phenolic OH excluding ortho intramolecular Hbond substituents is 1. The summed E-state index contributed by atoms with van der Waals surface area (Å²) in [5.74, 6) is 2.03. The highest BCUT2D eigenvalue weighted by Crippen LogP contribution is 2.42. The first kappa shape index (κ1) is 13.1. The first-order chi connectivity index (χ1) is 9.76. The zero-order chi connectivity index (χ0) is 13.9. The van der Waals surface area contributed by atoms with Gasteiger partial charge >= 0.3 is 0 Å². The van der Waals surface area contributed by atoms with Gasteiger partial charge in [0.05, 0.1) is 6.42 Å². The third kappa shape index (κ3) is 2.99. The summed E-state index contributed by atoms with van der Waals surface area (Å²) in [6, 6.07) is 7.00. The molecule has 0 aliphatic heterocycles. The van der Waals surface area contributed by atoms with Crippen LogP contribution in [0, 0.1) is 5.92 Å². The Morgan fingerprint density at radius 2 is 2.10 bits per heavy atom. The molecule has 1 atom stereocenters. The molecule has 1 saturated carbocycles. The van der Waals surface area contributed by atoms with Crippen molar-refractivity contribution in [2.75, 3.05) is 6.61 Å². The lowest BCUT2D eigenvalue weighted by Gasteiger charge is -2.10. The quantitative estimate of drug-likeness (QED) is 0.877. The molecular weight excluding hydrogens is 256 g/mol. The predicted octanol–water partition coefficient (Wildman–Crippen LogP) is 2.85. The highest BCUT2D eigenvalue weighted by Gasteiger charge is 2.36. The molecule has 1 aromatic carbocycles. The molecular formula is C15H18N2O3. The third-order valence-corrected chi connectivity index (χ3v) is 3.43. The minimum atomic E-state index is -0.0303. The van der Waals surface area contributed by atoms with Crippen LogP contribution in [0.15, 0.2) is 28.8 Å². The van der Waals surface area contributed by atoms with Gasteiger partial charge in [-0.3, -0.25) is 0 Å². The molecule has 1 aliphatic carbocycles. The zero-order valence-corrected chi connectivity index (χ0v) is 11.5. The van der Waals surface area contributed by atoms with Crippen LogP contribution in [0.1, 0.15) is 43.1 Å². The highest BCUT2D eigenvalue weighted by molar-refractivity contribution is 5.27. The maximum Gasteiger partial charge on any atom is 0.231 e. The number of benzene rings is 1. The lowest BCUT2D eigenvalue weighted by Crippen LogP contribution is -2.08. The lowest BCUT2D eigenvalue weighted by molar-refractivity contribution is 0.0384. The topological polar surface area (TPSA) is 68.4 Å². The van der Waals surface area contributed by atoms with Gasteiger partial charge < -0.3 is 14.4 Å². The van der Waals surface area contributed by atoms with Crippen molar-refractivity contribution in [2.24, 2.45) is 5.92 Å². The number of aromatic nitrogens is 2. The minimum Gasteiger partial charge on any atom is -0.508 e. The maximum absolute atomic E-state index is 9.26. The molecule has 1 N–H and O–H groups in total. The van der Waals surface area contributed by atoms with E-state index in [1.807, 2.05) is 19.1 Å². The molecule has 1 fully saturated rings. The average Bonchev–Trinajstić information content (AvgIpc) is 3.19. The molecule has 5 heteroatoms. The molecule has 0 bridgehead atoms. The molecule has 3 rings (SSSR count). The van der Waals surface area contributed by atoms with Crippen molar-refractivity contribution >= 4 is 0 Å². The normalized spacial score (nSPS) is 16.2. The number of hydrogen-bond donors (Lipinski definition) is 1. The Kier molecular flexibility index (Phi) is 3.69. The summed E-state index contributed by atoms with van der Waals surface area (Å²) in [4.78, 5) is 4.44. The van der Waals surface area contributed by atoms with Crippen molar-refractivity contribution in [1.82, 2.24) is 10.1 Å². The molecule has 1 heterocycles. The summed E-state index contributed by atoms with van der Waals surface area (Å²) in [5.41, 5.74) is 1.03. The van der Waals surface area contributed by atoms with E-state index in [1.165, 1.54) is 12.8 Å². The fraction of sp³-hybridized carbons (Fsp3) is 0.467. The van der Waals surface area contributed by atoms with E-state index in [0.717, 1.165) is 5.56 Å². The molecule has 5 nitrogen and oxygen atoms in total. The first-order valence-corrected chi connectivity index (χ1v) is 6.98. The van der Waals surface area contributed by atoms with Gasteiger partial charge in [-0.2, -0.15) is 4.98 Å². The van der Waals surface area contributed by atoms with Crippen LogP contribution in [0.25, 0.3) is 0 Å². The van der Waals surface area contributed by atoms with Crippen molar-refractivity contribution in [3.05, 3.63) is 41.5 Å². The zero-order valence-electron chi connectivity index (χ0n) is 11.5. The number of nitrogens with zero attached hydrogens (tertiary/aromatic N) is 2. The summed E-state index contributed by atoms with van der Waals surface area (Å²) < 4.78 is 11.0. The van der Waals surface area contributed by atoms with E-state index in [2.05, 4.69) is 10.1 Å². The second-order valence-corrected chi connectivity index (χ2v) is 5.10. The van der Waals surface area contributed by atoms with Crippen molar-refractivity contribution in [3.63, 3.8) is 0 Å². The average molecular weight is 274 g/mol. The molecule has 1 aromatic heterocycles. The molecule has 0 saturated heterocycles. The van der Waals surface area contributed by atoms with Crippen LogP contribution in [0.3, 0.4) is 0 Å². The Morgan fingerprint density at radius 1 is 1.35 bits per heavy atom. The van der Waals surface area contributed by atoms with Crippen LogP contribution >= 0.6 is 0 Å². The second kappa shape index (κ2) is 5.63. The summed E-state index contributed by atoms with van der Waals surface area (Å²) in [5, 5.41) is 13.3. The van der Waals surface area contributed by atoms with E-state index in [9.17, 15) is 5.11 Å². The number of phenols is 1. The van der Waals surface area contributed by atoms with Crippen LogP contribution in [0.4, 0.5) is 0 Å². The van der Waals surface area contributed by atoms with Gasteiger partial charge in [-0.25, -0.2) is 0 Å². The van der Waals surface area contributed by atoms with Crippen LogP contribution in [0.2, 0.25) is 0 Å². The van der Waals surface area contributed by atoms with E-state index in [-0.39, 0.29) is 11.9 Å². The maximum atomic E-state index is 9.26. The van der Waals surface area contributed by atoms with Crippen LogP contribution in [-0.4, -0.2) is 21.9 Å². The van der Waals surface area contributed by atoms with Gasteiger partial charge in [0.25, 0.3) is 0 Å². The lowest BCUT2D eigenvalue weighted by atomic mass is 10.1. The Balaban J connectivity index is 1.70. The Morgan fingerprint density at radius 3 is 2.75 bits per heavy atom. The Labute approximate surface area is 117 Å². The van der Waals surface area contributed by atoms with Gasteiger partial charge in [0, 0.05) is 6.61 Å². The Bertz CT molecular complexity index is 561. The molecule has 20 heavy (non-hydrogen) atoms. The van der Waals surface area contributed by atoms with E-state index in [4.69, 9.17) is 9.26 Å². The van der Waals surface area contributed by atoms with Gasteiger partial charge in [-0.1, -0.05) is 17.3 Å². The highest BCUT2D eigenvalue weighted by atomic mass is 16.5. The predicted molar refractivity (Wildman–Crippen MR) is 72.3 cm³/mol. The Hall–Kier alpha value is -1.88. The van der Waals surface area contributed by atoms with Crippen molar-refractivity contribution < 1.29 is 14.4 Å². The standard InChI is InChI=1S/C15H18N2O3/c1-2-19-14(11-5-6-11)15-16-13(20-17-15)9-10-3-7-12(18)8-4-10/h3-4,7-8,11,14,18H,2,5-6,9H2,1H3. The molecule has 0 amide bonds. The largest absolute Gasteiger partial charge is 0.508 e. The summed E-state index contributed by atoms with van der Waals surface area (Å²) >= 11 is 0. The molecule has 106 valence electrons. The van der Waals surface area contributed by atoms with Crippen molar-refractivity contribution in [2.45, 2.75) is 32.3 Å². The summed E-state index contributed by atoms with van der Waals surface area (Å²) in [7, 11) is 0. The van der Waals surface area contributed by atoms with Gasteiger partial charge in [0.15, 0.2) is 0 Å². The van der Waals surface area contributed by atoms with Crippen LogP contribution < -0.4 is 0 Å². The number of aromatic hydroxyl groups is 1. The number of rotatable bonds is 6. The fourth-order valence-electron chi connectivity index (χ4n) is 2.24. The fourth-order valence-corrected chi connectivity index (χ4v) is 2.24. The second-order valence-electron chi connectivity index (χ2n) is 5.10. The van der Waals surface area contributed by atoms with E-state index in [0.29, 0.717) is 30.7 Å². The first-order valence-electron chi connectivity index (χ1n) is 6.98. The summed E-state index contributed by atoms with van der Waals surface area (Å²) in [6.07, 6.45) is 2.88. The number of hydrogen-bond acceptors (Lipinski definition) is 5. The molecule has 2 aromatic rings. The van der Waals surface area contributed by atoms with E-state index in [1.54, 1.807) is 12.1 Å². The monoisotopic (exact) mass is 274 g/mol. The third-order valence-electron chi connectivity index (χ3n) is 3.43. The minimum absolute atomic E-state index is 0.0303. The van der Waals surface area contributed by atoms with E-state index < -0.39 is 0 Å². The van der Waals surface area contributed by atoms with Crippen LogP contribution in [-0.2, 0) is 11.2 Å². The van der Waals surface area contributed by atoms with Gasteiger partial charge in [0.2, 0.25) is 11.7 Å². The van der Waals surface area contributed by atoms with Crippen molar-refractivity contribution in [1.29, 1.82) is 0 Å². The smallest absolute Gasteiger partial charge is 0.231 e. The van der Waals surface area contributed by atoms with Crippen LogP contribution in [0.5, 0.6) is 5.75 Å². The number of ether oxygens (including phenoxy) is 1. The van der Waals surface area contributed by atoms with Gasteiger partial charge in [-0.05, 0) is 43.4 Å². The molecule has 1 unspecified atom stereocenters. The van der Waals surface area contributed by atoms with Crippen molar-refractivity contribution in [3.8, 4) is 5.75 Å². The molecule has 0 radical (unpaired) electrons. The molecule has 0 spiro atoms.